The molecule has 0 aliphatic heterocycles. The van der Waals surface area contributed by atoms with Crippen LogP contribution >= 0.6 is 0 Å². The third kappa shape index (κ3) is 3.71. The van der Waals surface area contributed by atoms with Crippen LogP contribution in [-0.2, 0) is 4.84 Å². The number of nitrogens with zero attached hydrogens (tertiary/aromatic N) is 3. The number of rotatable bonds is 6. The zero-order valence-electron chi connectivity index (χ0n) is 17.2. The maximum absolute atomic E-state index is 12.7. The second-order valence-electron chi connectivity index (χ2n) is 7.46. The van der Waals surface area contributed by atoms with E-state index in [-0.39, 0.29) is 17.9 Å². The molecule has 0 radical (unpaired) electrons. The Morgan fingerprint density at radius 1 is 1.20 bits per heavy atom. The lowest BCUT2D eigenvalue weighted by atomic mass is 9.93. The molecule has 0 spiro atoms. The number of aromatic nitrogens is 3. The number of fused-ring (bicyclic) bond motifs is 1. The minimum Gasteiger partial charge on any atom is -0.349 e. The van der Waals surface area contributed by atoms with E-state index < -0.39 is 0 Å². The van der Waals surface area contributed by atoms with Crippen LogP contribution in [-0.4, -0.2) is 39.6 Å². The molecule has 156 valence electrons. The van der Waals surface area contributed by atoms with Gasteiger partial charge < -0.3 is 10.6 Å². The van der Waals surface area contributed by atoms with Crippen LogP contribution < -0.4 is 16.1 Å². The molecule has 1 saturated carbocycles. The van der Waals surface area contributed by atoms with Crippen molar-refractivity contribution < 1.29 is 14.4 Å². The summed E-state index contributed by atoms with van der Waals surface area (Å²) >= 11 is 0. The van der Waals surface area contributed by atoms with Gasteiger partial charge in [-0.1, -0.05) is 6.07 Å². The van der Waals surface area contributed by atoms with Crippen molar-refractivity contribution in [3.05, 3.63) is 53.0 Å². The molecule has 0 unspecified atom stereocenters. The summed E-state index contributed by atoms with van der Waals surface area (Å²) in [6.07, 6.45) is 6.36. The number of amides is 2. The van der Waals surface area contributed by atoms with E-state index in [9.17, 15) is 9.59 Å². The molecule has 0 saturated heterocycles. The number of hydroxylamine groups is 1. The van der Waals surface area contributed by atoms with Crippen LogP contribution in [0.3, 0.4) is 0 Å². The summed E-state index contributed by atoms with van der Waals surface area (Å²) in [6.45, 7) is 3.82. The van der Waals surface area contributed by atoms with Crippen LogP contribution in [0.4, 0.5) is 11.5 Å². The highest BCUT2D eigenvalue weighted by Gasteiger charge is 2.23. The van der Waals surface area contributed by atoms with Crippen molar-refractivity contribution in [1.82, 2.24) is 25.4 Å². The Balaban J connectivity index is 1.67. The zero-order valence-corrected chi connectivity index (χ0v) is 17.2. The van der Waals surface area contributed by atoms with Gasteiger partial charge in [0.2, 0.25) is 0 Å². The van der Waals surface area contributed by atoms with Gasteiger partial charge >= 0.3 is 0 Å². The molecule has 2 heterocycles. The van der Waals surface area contributed by atoms with E-state index in [4.69, 9.17) is 4.84 Å². The van der Waals surface area contributed by atoms with E-state index in [0.29, 0.717) is 22.5 Å². The van der Waals surface area contributed by atoms with Gasteiger partial charge in [-0.05, 0) is 56.4 Å². The Bertz CT molecular complexity index is 1120. The molecule has 1 aliphatic carbocycles. The first-order valence-corrected chi connectivity index (χ1v) is 9.82. The minimum absolute atomic E-state index is 0.0944. The highest BCUT2D eigenvalue weighted by molar-refractivity contribution is 5.99. The first-order chi connectivity index (χ1) is 14.5. The van der Waals surface area contributed by atoms with E-state index in [1.165, 1.54) is 13.4 Å². The minimum atomic E-state index is -0.345. The van der Waals surface area contributed by atoms with E-state index >= 15 is 0 Å². The van der Waals surface area contributed by atoms with Crippen LogP contribution in [0, 0.1) is 13.8 Å². The number of anilines is 2. The normalized spacial score (nSPS) is 13.7. The van der Waals surface area contributed by atoms with E-state index in [2.05, 4.69) is 26.2 Å². The predicted octanol–water partition coefficient (Wildman–Crippen LogP) is 2.66. The fraction of sp³-hybridized carbons (Fsp3) is 0.333. The molecule has 4 rings (SSSR count). The summed E-state index contributed by atoms with van der Waals surface area (Å²) in [7, 11) is 1.39. The molecule has 1 fully saturated rings. The van der Waals surface area contributed by atoms with Crippen molar-refractivity contribution in [3.8, 4) is 0 Å². The predicted molar refractivity (Wildman–Crippen MR) is 112 cm³/mol. The van der Waals surface area contributed by atoms with Crippen LogP contribution in [0.1, 0.15) is 51.1 Å². The van der Waals surface area contributed by atoms with Gasteiger partial charge in [0.1, 0.15) is 11.8 Å². The molecule has 9 heteroatoms. The standard InChI is InChI=1S/C21H24N6O3/c1-12-7-8-14(20(28)26-30-3)9-17(12)25-19-18-13(2)16(10-27(18)23-11-22-19)21(29)24-15-5-4-6-15/h7-11,15H,4-6H2,1-3H3,(H,24,29)(H,26,28)(H,22,23,25). The van der Waals surface area contributed by atoms with Gasteiger partial charge in [-0.3, -0.25) is 14.4 Å². The Hall–Kier alpha value is -3.46. The Labute approximate surface area is 173 Å². The molecule has 30 heavy (non-hydrogen) atoms. The van der Waals surface area contributed by atoms with E-state index in [1.54, 1.807) is 22.8 Å². The van der Waals surface area contributed by atoms with Gasteiger partial charge in [-0.25, -0.2) is 15.0 Å². The molecule has 2 amide bonds. The van der Waals surface area contributed by atoms with Crippen LogP contribution in [0.2, 0.25) is 0 Å². The number of benzene rings is 1. The van der Waals surface area contributed by atoms with Crippen molar-refractivity contribution in [2.45, 2.75) is 39.2 Å². The lowest BCUT2D eigenvalue weighted by molar-refractivity contribution is 0.0537. The number of nitrogens with one attached hydrogen (secondary N) is 3. The topological polar surface area (TPSA) is 110 Å². The fourth-order valence-corrected chi connectivity index (χ4v) is 3.47. The molecule has 3 aromatic rings. The quantitative estimate of drug-likeness (QED) is 0.541. The molecular formula is C21H24N6O3. The second kappa shape index (κ2) is 8.11. The molecule has 3 N–H and O–H groups in total. The van der Waals surface area contributed by atoms with Crippen LogP contribution in [0.5, 0.6) is 0 Å². The van der Waals surface area contributed by atoms with Gasteiger partial charge in [0.25, 0.3) is 11.8 Å². The Kier molecular flexibility index (Phi) is 5.37. The van der Waals surface area contributed by atoms with Gasteiger partial charge in [-0.15, -0.1) is 0 Å². The molecule has 1 aliphatic rings. The summed E-state index contributed by atoms with van der Waals surface area (Å²) in [5, 5.41) is 10.6. The molecular weight excluding hydrogens is 384 g/mol. The second-order valence-corrected chi connectivity index (χ2v) is 7.46. The lowest BCUT2D eigenvalue weighted by Crippen LogP contribution is -2.39. The Morgan fingerprint density at radius 2 is 2.00 bits per heavy atom. The van der Waals surface area contributed by atoms with Crippen molar-refractivity contribution in [2.75, 3.05) is 12.4 Å². The zero-order chi connectivity index (χ0) is 21.3. The first kappa shape index (κ1) is 19.8. The first-order valence-electron chi connectivity index (χ1n) is 9.82. The monoisotopic (exact) mass is 408 g/mol. The molecule has 0 bridgehead atoms. The summed E-state index contributed by atoms with van der Waals surface area (Å²) in [4.78, 5) is 33.9. The van der Waals surface area contributed by atoms with Crippen LogP contribution in [0.15, 0.2) is 30.7 Å². The largest absolute Gasteiger partial charge is 0.349 e. The number of hydrogen-bond donors (Lipinski definition) is 3. The van der Waals surface area contributed by atoms with Crippen LogP contribution in [0.25, 0.3) is 5.52 Å². The van der Waals surface area contributed by atoms with Crippen molar-refractivity contribution in [3.63, 3.8) is 0 Å². The number of aryl methyl sites for hydroxylation is 2. The third-order valence-corrected chi connectivity index (χ3v) is 5.46. The highest BCUT2D eigenvalue weighted by atomic mass is 16.6. The van der Waals surface area contributed by atoms with E-state index in [0.717, 1.165) is 36.1 Å². The van der Waals surface area contributed by atoms with Crippen molar-refractivity contribution >= 4 is 28.8 Å². The average Bonchev–Trinajstić information content (AvgIpc) is 3.04. The van der Waals surface area contributed by atoms with Gasteiger partial charge in [0, 0.05) is 23.5 Å². The highest BCUT2D eigenvalue weighted by Crippen LogP contribution is 2.28. The molecule has 2 aromatic heterocycles. The molecule has 9 nitrogen and oxygen atoms in total. The fourth-order valence-electron chi connectivity index (χ4n) is 3.47. The summed E-state index contributed by atoms with van der Waals surface area (Å²) < 4.78 is 1.65. The Morgan fingerprint density at radius 3 is 2.70 bits per heavy atom. The van der Waals surface area contributed by atoms with Gasteiger partial charge in [0.15, 0.2) is 5.82 Å². The smallest absolute Gasteiger partial charge is 0.274 e. The van der Waals surface area contributed by atoms with Gasteiger partial charge in [0.05, 0.1) is 12.7 Å². The maximum Gasteiger partial charge on any atom is 0.274 e. The van der Waals surface area contributed by atoms with E-state index in [1.807, 2.05) is 19.9 Å². The SMILES string of the molecule is CONC(=O)c1ccc(C)c(Nc2ncnn3cc(C(=O)NC4CCC4)c(C)c23)c1. The summed E-state index contributed by atoms with van der Waals surface area (Å²) in [6, 6.07) is 5.54. The molecule has 0 atom stereocenters. The lowest BCUT2D eigenvalue weighted by Gasteiger charge is -2.26. The number of carbonyl (C=O) groups excluding carboxylic acids is 2. The van der Waals surface area contributed by atoms with Crippen molar-refractivity contribution in [2.24, 2.45) is 0 Å². The van der Waals surface area contributed by atoms with Crippen molar-refractivity contribution in [1.29, 1.82) is 0 Å². The maximum atomic E-state index is 12.7. The molecule has 1 aromatic carbocycles. The van der Waals surface area contributed by atoms with Gasteiger partial charge in [-0.2, -0.15) is 5.10 Å². The third-order valence-electron chi connectivity index (χ3n) is 5.46. The average molecular weight is 408 g/mol. The number of hydrogen-bond acceptors (Lipinski definition) is 6. The summed E-state index contributed by atoms with van der Waals surface area (Å²) in [5.74, 6) is 0.114. The number of carbonyl (C=O) groups is 2. The summed E-state index contributed by atoms with van der Waals surface area (Å²) in [5.41, 5.74) is 6.50.